The van der Waals surface area contributed by atoms with Crippen LogP contribution < -0.4 is 5.32 Å². The molecule has 2 aliphatic rings. The molecule has 1 amide bonds. The van der Waals surface area contributed by atoms with Crippen LogP contribution in [0.4, 0.5) is 0 Å². The van der Waals surface area contributed by atoms with Gasteiger partial charge >= 0.3 is 5.97 Å². The van der Waals surface area contributed by atoms with E-state index in [1.165, 1.54) is 5.56 Å². The summed E-state index contributed by atoms with van der Waals surface area (Å²) in [5.74, 6) is -1.22. The van der Waals surface area contributed by atoms with Gasteiger partial charge in [0.25, 0.3) is 0 Å². The van der Waals surface area contributed by atoms with Gasteiger partial charge in [-0.25, -0.2) is 0 Å². The van der Waals surface area contributed by atoms with E-state index in [0.29, 0.717) is 19.5 Å². The molecule has 2 heterocycles. The van der Waals surface area contributed by atoms with Gasteiger partial charge in [-0.2, -0.15) is 0 Å². The fraction of sp³-hybridized carbons (Fsp3) is 0.500. The summed E-state index contributed by atoms with van der Waals surface area (Å²) in [6.07, 6.45) is 2.35. The molecule has 0 saturated carbocycles. The van der Waals surface area contributed by atoms with Crippen LogP contribution in [-0.2, 0) is 16.0 Å². The highest BCUT2D eigenvalue weighted by Gasteiger charge is 2.34. The SMILES string of the molecule is O=C(O)[C@H]1CCCN(C(=O)C2NCCc3ccccc32)C1. The van der Waals surface area contributed by atoms with E-state index in [-0.39, 0.29) is 11.9 Å². The van der Waals surface area contributed by atoms with Gasteiger partial charge in [-0.3, -0.25) is 9.59 Å². The lowest BCUT2D eigenvalue weighted by Crippen LogP contribution is -2.48. The molecule has 2 atom stereocenters. The van der Waals surface area contributed by atoms with Crippen LogP contribution in [0.1, 0.15) is 30.0 Å². The van der Waals surface area contributed by atoms with Crippen molar-refractivity contribution in [2.75, 3.05) is 19.6 Å². The van der Waals surface area contributed by atoms with E-state index in [1.54, 1.807) is 4.90 Å². The molecule has 1 saturated heterocycles. The number of fused-ring (bicyclic) bond motifs is 1. The molecule has 0 radical (unpaired) electrons. The van der Waals surface area contributed by atoms with Crippen LogP contribution in [-0.4, -0.2) is 41.5 Å². The second kappa shape index (κ2) is 5.85. The standard InChI is InChI=1S/C16H20N2O3/c19-15(18-9-3-5-12(10-18)16(20)21)14-13-6-2-1-4-11(13)7-8-17-14/h1-2,4,6,12,14,17H,3,5,7-10H2,(H,20,21)/t12-,14?/m0/s1. The zero-order chi connectivity index (χ0) is 14.8. The van der Waals surface area contributed by atoms with Crippen LogP contribution >= 0.6 is 0 Å². The van der Waals surface area contributed by atoms with Gasteiger partial charge in [0.15, 0.2) is 0 Å². The van der Waals surface area contributed by atoms with E-state index < -0.39 is 11.9 Å². The minimum absolute atomic E-state index is 0.00750. The molecule has 112 valence electrons. The summed E-state index contributed by atoms with van der Waals surface area (Å²) in [4.78, 5) is 25.6. The van der Waals surface area contributed by atoms with E-state index in [9.17, 15) is 9.59 Å². The van der Waals surface area contributed by atoms with Gasteiger partial charge in [0.2, 0.25) is 5.91 Å². The van der Waals surface area contributed by atoms with Gasteiger partial charge in [-0.05, 0) is 30.4 Å². The Balaban J connectivity index is 1.78. The molecule has 0 spiro atoms. The normalized spacial score (nSPS) is 25.2. The molecule has 1 aromatic carbocycles. The van der Waals surface area contributed by atoms with Crippen LogP contribution in [0.5, 0.6) is 0 Å². The molecule has 1 unspecified atom stereocenters. The van der Waals surface area contributed by atoms with Gasteiger partial charge in [0, 0.05) is 19.6 Å². The maximum absolute atomic E-state index is 12.8. The average molecular weight is 288 g/mol. The highest BCUT2D eigenvalue weighted by molar-refractivity contribution is 5.85. The third kappa shape index (κ3) is 2.78. The Kier molecular flexibility index (Phi) is 3.92. The van der Waals surface area contributed by atoms with E-state index in [1.807, 2.05) is 18.2 Å². The van der Waals surface area contributed by atoms with Gasteiger partial charge in [-0.15, -0.1) is 0 Å². The lowest BCUT2D eigenvalue weighted by molar-refractivity contribution is -0.146. The number of aliphatic carboxylic acids is 1. The van der Waals surface area contributed by atoms with Crippen LogP contribution in [0.25, 0.3) is 0 Å². The Morgan fingerprint density at radius 3 is 2.90 bits per heavy atom. The molecule has 2 aliphatic heterocycles. The third-order valence-electron chi connectivity index (χ3n) is 4.44. The molecule has 21 heavy (non-hydrogen) atoms. The molecule has 0 bridgehead atoms. The first-order valence-electron chi connectivity index (χ1n) is 7.49. The average Bonchev–Trinajstić information content (AvgIpc) is 2.53. The van der Waals surface area contributed by atoms with Crippen LogP contribution in [0.3, 0.4) is 0 Å². The maximum atomic E-state index is 12.8. The van der Waals surface area contributed by atoms with Gasteiger partial charge in [0.1, 0.15) is 6.04 Å². The number of benzene rings is 1. The van der Waals surface area contributed by atoms with Gasteiger partial charge in [-0.1, -0.05) is 24.3 Å². The Bertz CT molecular complexity index is 558. The summed E-state index contributed by atoms with van der Waals surface area (Å²) in [7, 11) is 0. The topological polar surface area (TPSA) is 69.6 Å². The van der Waals surface area contributed by atoms with Crippen molar-refractivity contribution in [2.45, 2.75) is 25.3 Å². The minimum Gasteiger partial charge on any atom is -0.481 e. The Labute approximate surface area is 123 Å². The number of carbonyl (C=O) groups excluding carboxylic acids is 1. The molecule has 0 aromatic heterocycles. The van der Waals surface area contributed by atoms with Crippen LogP contribution in [0, 0.1) is 5.92 Å². The summed E-state index contributed by atoms with van der Waals surface area (Å²) < 4.78 is 0. The predicted octanol–water partition coefficient (Wildman–Crippen LogP) is 1.20. The van der Waals surface area contributed by atoms with Crippen molar-refractivity contribution < 1.29 is 14.7 Å². The number of hydrogen-bond donors (Lipinski definition) is 2. The zero-order valence-corrected chi connectivity index (χ0v) is 11.9. The Morgan fingerprint density at radius 2 is 2.10 bits per heavy atom. The largest absolute Gasteiger partial charge is 0.481 e. The fourth-order valence-electron chi connectivity index (χ4n) is 3.29. The number of carboxylic acid groups (broad SMARTS) is 1. The first-order chi connectivity index (χ1) is 10.2. The molecule has 5 heteroatoms. The highest BCUT2D eigenvalue weighted by atomic mass is 16.4. The van der Waals surface area contributed by atoms with Crippen LogP contribution in [0.2, 0.25) is 0 Å². The van der Waals surface area contributed by atoms with Crippen molar-refractivity contribution in [3.63, 3.8) is 0 Å². The Morgan fingerprint density at radius 1 is 1.29 bits per heavy atom. The number of piperidine rings is 1. The minimum atomic E-state index is -0.801. The van der Waals surface area contributed by atoms with Gasteiger partial charge < -0.3 is 15.3 Å². The molecule has 3 rings (SSSR count). The maximum Gasteiger partial charge on any atom is 0.308 e. The number of carbonyl (C=O) groups is 2. The second-order valence-corrected chi connectivity index (χ2v) is 5.80. The number of carboxylic acids is 1. The Hall–Kier alpha value is -1.88. The van der Waals surface area contributed by atoms with Crippen molar-refractivity contribution in [3.8, 4) is 0 Å². The summed E-state index contributed by atoms with van der Waals surface area (Å²) in [6.45, 7) is 1.76. The quantitative estimate of drug-likeness (QED) is 0.858. The second-order valence-electron chi connectivity index (χ2n) is 5.80. The van der Waals surface area contributed by atoms with Crippen molar-refractivity contribution in [1.29, 1.82) is 0 Å². The van der Waals surface area contributed by atoms with E-state index >= 15 is 0 Å². The molecule has 1 fully saturated rings. The number of nitrogens with zero attached hydrogens (tertiary/aromatic N) is 1. The number of hydrogen-bond acceptors (Lipinski definition) is 3. The number of rotatable bonds is 2. The first-order valence-corrected chi connectivity index (χ1v) is 7.49. The summed E-state index contributed by atoms with van der Waals surface area (Å²) >= 11 is 0. The molecular formula is C16H20N2O3. The smallest absolute Gasteiger partial charge is 0.308 e. The summed E-state index contributed by atoms with van der Waals surface area (Å²) in [5.41, 5.74) is 2.24. The summed E-state index contributed by atoms with van der Waals surface area (Å²) in [5, 5.41) is 12.4. The molecule has 5 nitrogen and oxygen atoms in total. The van der Waals surface area contributed by atoms with Gasteiger partial charge in [0.05, 0.1) is 5.92 Å². The zero-order valence-electron chi connectivity index (χ0n) is 11.9. The number of amides is 1. The number of nitrogens with one attached hydrogen (secondary N) is 1. The summed E-state index contributed by atoms with van der Waals surface area (Å²) in [6, 6.07) is 7.66. The lowest BCUT2D eigenvalue weighted by Gasteiger charge is -2.35. The molecule has 1 aromatic rings. The van der Waals surface area contributed by atoms with Crippen molar-refractivity contribution in [3.05, 3.63) is 35.4 Å². The van der Waals surface area contributed by atoms with E-state index in [2.05, 4.69) is 11.4 Å². The third-order valence-corrected chi connectivity index (χ3v) is 4.44. The lowest BCUT2D eigenvalue weighted by atomic mass is 9.92. The van der Waals surface area contributed by atoms with Crippen molar-refractivity contribution in [2.24, 2.45) is 5.92 Å². The van der Waals surface area contributed by atoms with Crippen molar-refractivity contribution >= 4 is 11.9 Å². The fourth-order valence-corrected chi connectivity index (χ4v) is 3.29. The predicted molar refractivity (Wildman–Crippen MR) is 77.8 cm³/mol. The first kappa shape index (κ1) is 14.1. The van der Waals surface area contributed by atoms with Crippen LogP contribution in [0.15, 0.2) is 24.3 Å². The van der Waals surface area contributed by atoms with Crippen molar-refractivity contribution in [1.82, 2.24) is 10.2 Å². The molecule has 2 N–H and O–H groups in total. The van der Waals surface area contributed by atoms with E-state index in [4.69, 9.17) is 5.11 Å². The van der Waals surface area contributed by atoms with E-state index in [0.717, 1.165) is 24.9 Å². The molecule has 0 aliphatic carbocycles. The highest BCUT2D eigenvalue weighted by Crippen LogP contribution is 2.26. The monoisotopic (exact) mass is 288 g/mol. The number of likely N-dealkylation sites (tertiary alicyclic amines) is 1. The molecular weight excluding hydrogens is 268 g/mol.